The van der Waals surface area contributed by atoms with Gasteiger partial charge in [0.05, 0.1) is 6.10 Å². The third-order valence-electron chi connectivity index (χ3n) is 5.69. The molecule has 1 aliphatic carbocycles. The summed E-state index contributed by atoms with van der Waals surface area (Å²) in [6.07, 6.45) is 7.29. The fourth-order valence-corrected chi connectivity index (χ4v) is 4.10. The van der Waals surface area contributed by atoms with E-state index < -0.39 is 0 Å². The van der Waals surface area contributed by atoms with Crippen LogP contribution in [0.25, 0.3) is 0 Å². The van der Waals surface area contributed by atoms with Crippen molar-refractivity contribution in [2.24, 2.45) is 17.8 Å². The van der Waals surface area contributed by atoms with Gasteiger partial charge >= 0.3 is 0 Å². The van der Waals surface area contributed by atoms with E-state index in [2.05, 4.69) is 51.1 Å². The number of aliphatic hydroxyl groups excluding tert-OH is 1. The number of benzene rings is 1. The largest absolute Gasteiger partial charge is 0.392 e. The highest BCUT2D eigenvalue weighted by atomic mass is 16.3. The van der Waals surface area contributed by atoms with Crippen LogP contribution in [-0.2, 0) is 0 Å². The fraction of sp³-hybridized carbons (Fsp3) is 0.700. The van der Waals surface area contributed by atoms with Gasteiger partial charge in [-0.2, -0.15) is 0 Å². The van der Waals surface area contributed by atoms with Crippen molar-refractivity contribution in [2.45, 2.75) is 71.3 Å². The summed E-state index contributed by atoms with van der Waals surface area (Å²) >= 11 is 0. The number of hydrogen-bond donors (Lipinski definition) is 1. The van der Waals surface area contributed by atoms with E-state index in [1.165, 1.54) is 37.7 Å². The Morgan fingerprint density at radius 3 is 2.48 bits per heavy atom. The lowest BCUT2D eigenvalue weighted by Crippen LogP contribution is -2.34. The minimum atomic E-state index is -0.184. The van der Waals surface area contributed by atoms with Crippen LogP contribution in [0, 0.1) is 17.8 Å². The molecule has 0 saturated heterocycles. The van der Waals surface area contributed by atoms with E-state index in [0.717, 1.165) is 12.3 Å². The lowest BCUT2D eigenvalue weighted by Gasteiger charge is -2.38. The van der Waals surface area contributed by atoms with Crippen LogP contribution in [0.4, 0.5) is 0 Å². The molecular weight excluding hydrogens is 256 g/mol. The average Bonchev–Trinajstić information content (AvgIpc) is 2.55. The van der Waals surface area contributed by atoms with Gasteiger partial charge in [0, 0.05) is 5.92 Å². The highest BCUT2D eigenvalue weighted by Gasteiger charge is 2.34. The summed E-state index contributed by atoms with van der Waals surface area (Å²) in [4.78, 5) is 0. The van der Waals surface area contributed by atoms with Crippen LogP contribution in [0.2, 0.25) is 0 Å². The third-order valence-corrected chi connectivity index (χ3v) is 5.69. The van der Waals surface area contributed by atoms with Crippen molar-refractivity contribution in [1.82, 2.24) is 0 Å². The van der Waals surface area contributed by atoms with E-state index in [-0.39, 0.29) is 12.0 Å². The first-order chi connectivity index (χ1) is 10.2. The van der Waals surface area contributed by atoms with Crippen molar-refractivity contribution in [1.29, 1.82) is 0 Å². The van der Waals surface area contributed by atoms with E-state index in [1.54, 1.807) is 0 Å². The van der Waals surface area contributed by atoms with E-state index in [1.807, 2.05) is 0 Å². The zero-order valence-electron chi connectivity index (χ0n) is 14.0. The second kappa shape index (κ2) is 7.98. The molecule has 1 heteroatoms. The minimum Gasteiger partial charge on any atom is -0.392 e. The van der Waals surface area contributed by atoms with Gasteiger partial charge in [-0.25, -0.2) is 0 Å². The summed E-state index contributed by atoms with van der Waals surface area (Å²) in [6.45, 7) is 6.83. The third kappa shape index (κ3) is 4.10. The summed E-state index contributed by atoms with van der Waals surface area (Å²) in [7, 11) is 0. The molecule has 0 heterocycles. The Balaban J connectivity index is 2.16. The maximum atomic E-state index is 11.1. The van der Waals surface area contributed by atoms with Crippen molar-refractivity contribution in [3.05, 3.63) is 35.9 Å². The van der Waals surface area contributed by atoms with Gasteiger partial charge in [-0.15, -0.1) is 0 Å². The van der Waals surface area contributed by atoms with Crippen LogP contribution < -0.4 is 0 Å². The molecular formula is C20H32O. The molecule has 0 bridgehead atoms. The first-order valence-corrected chi connectivity index (χ1v) is 8.90. The molecule has 21 heavy (non-hydrogen) atoms. The van der Waals surface area contributed by atoms with Crippen molar-refractivity contribution >= 4 is 0 Å². The van der Waals surface area contributed by atoms with Gasteiger partial charge in [-0.05, 0) is 36.2 Å². The first kappa shape index (κ1) is 16.5. The van der Waals surface area contributed by atoms with Gasteiger partial charge in [0.25, 0.3) is 0 Å². The smallest absolute Gasteiger partial charge is 0.0639 e. The quantitative estimate of drug-likeness (QED) is 0.743. The van der Waals surface area contributed by atoms with Crippen LogP contribution in [0.15, 0.2) is 30.3 Å². The van der Waals surface area contributed by atoms with Crippen LogP contribution in [0.5, 0.6) is 0 Å². The van der Waals surface area contributed by atoms with E-state index in [0.29, 0.717) is 11.8 Å². The Hall–Kier alpha value is -0.820. The highest BCUT2D eigenvalue weighted by Crippen LogP contribution is 2.40. The molecule has 118 valence electrons. The van der Waals surface area contributed by atoms with Crippen LogP contribution >= 0.6 is 0 Å². The van der Waals surface area contributed by atoms with Gasteiger partial charge in [0.15, 0.2) is 0 Å². The summed E-state index contributed by atoms with van der Waals surface area (Å²) < 4.78 is 0. The number of rotatable bonds is 6. The Morgan fingerprint density at radius 1 is 1.14 bits per heavy atom. The molecule has 1 fully saturated rings. The Labute approximate surface area is 130 Å². The minimum absolute atomic E-state index is 0.184. The van der Waals surface area contributed by atoms with Crippen molar-refractivity contribution < 1.29 is 5.11 Å². The normalized spacial score (nSPS) is 27.0. The number of hydrogen-bond acceptors (Lipinski definition) is 1. The lowest BCUT2D eigenvalue weighted by molar-refractivity contribution is 0.0310. The zero-order chi connectivity index (χ0) is 15.2. The van der Waals surface area contributed by atoms with Gasteiger partial charge in [-0.3, -0.25) is 0 Å². The molecule has 0 amide bonds. The number of aliphatic hydroxyl groups is 1. The Bertz CT molecular complexity index is 400. The topological polar surface area (TPSA) is 20.2 Å². The van der Waals surface area contributed by atoms with Crippen LogP contribution in [-0.4, -0.2) is 11.2 Å². The average molecular weight is 288 g/mol. The molecule has 0 radical (unpaired) electrons. The summed E-state index contributed by atoms with van der Waals surface area (Å²) in [6, 6.07) is 10.7. The van der Waals surface area contributed by atoms with Crippen LogP contribution in [0.3, 0.4) is 0 Å². The zero-order valence-corrected chi connectivity index (χ0v) is 14.0. The maximum absolute atomic E-state index is 11.1. The second-order valence-corrected chi connectivity index (χ2v) is 7.01. The second-order valence-electron chi connectivity index (χ2n) is 7.01. The van der Waals surface area contributed by atoms with Gasteiger partial charge in [0.1, 0.15) is 0 Å². The van der Waals surface area contributed by atoms with Crippen molar-refractivity contribution in [2.75, 3.05) is 0 Å². The lowest BCUT2D eigenvalue weighted by atomic mass is 9.70. The molecule has 1 aliphatic rings. The van der Waals surface area contributed by atoms with Crippen LogP contribution in [0.1, 0.15) is 70.8 Å². The predicted octanol–water partition coefficient (Wildman–Crippen LogP) is 5.39. The Morgan fingerprint density at radius 2 is 1.86 bits per heavy atom. The highest BCUT2D eigenvalue weighted by molar-refractivity contribution is 5.22. The van der Waals surface area contributed by atoms with Gasteiger partial charge in [0.2, 0.25) is 0 Å². The fourth-order valence-electron chi connectivity index (χ4n) is 4.10. The molecule has 0 aromatic heterocycles. The molecule has 5 atom stereocenters. The summed E-state index contributed by atoms with van der Waals surface area (Å²) in [5.74, 6) is 2.14. The molecule has 0 spiro atoms. The van der Waals surface area contributed by atoms with E-state index >= 15 is 0 Å². The molecule has 1 nitrogen and oxygen atoms in total. The van der Waals surface area contributed by atoms with E-state index in [9.17, 15) is 5.11 Å². The summed E-state index contributed by atoms with van der Waals surface area (Å²) in [5, 5.41) is 11.1. The molecule has 1 aromatic rings. The van der Waals surface area contributed by atoms with Gasteiger partial charge in [-0.1, -0.05) is 76.8 Å². The molecule has 0 aliphatic heterocycles. The van der Waals surface area contributed by atoms with E-state index in [4.69, 9.17) is 0 Å². The van der Waals surface area contributed by atoms with Gasteiger partial charge < -0.3 is 5.11 Å². The molecule has 1 N–H and O–H groups in total. The monoisotopic (exact) mass is 288 g/mol. The molecule has 2 rings (SSSR count). The van der Waals surface area contributed by atoms with Crippen molar-refractivity contribution in [3.8, 4) is 0 Å². The SMILES string of the molecule is CCC1CCCC(C(O)C(c2ccccc2)C(C)CC)C1. The first-order valence-electron chi connectivity index (χ1n) is 8.90. The standard InChI is InChI=1S/C20H32O/c1-4-15(3)19(17-11-7-6-8-12-17)20(21)18-13-9-10-16(5-2)14-18/h6-8,11-12,15-16,18-21H,4-5,9-10,13-14H2,1-3H3. The predicted molar refractivity (Wildman–Crippen MR) is 90.4 cm³/mol. The molecule has 1 aromatic carbocycles. The summed E-state index contributed by atoms with van der Waals surface area (Å²) in [5.41, 5.74) is 1.32. The molecule has 1 saturated carbocycles. The van der Waals surface area contributed by atoms with Crippen molar-refractivity contribution in [3.63, 3.8) is 0 Å². The maximum Gasteiger partial charge on any atom is 0.0639 e. The molecule has 5 unspecified atom stereocenters. The Kier molecular flexibility index (Phi) is 6.29.